The molecule has 2 aromatic rings. The van der Waals surface area contributed by atoms with Gasteiger partial charge in [-0.05, 0) is 24.3 Å². The fourth-order valence-electron chi connectivity index (χ4n) is 2.01. The number of aromatic nitrogens is 1. The summed E-state index contributed by atoms with van der Waals surface area (Å²) in [6.45, 7) is 6.46. The van der Waals surface area contributed by atoms with Gasteiger partial charge in [-0.3, -0.25) is 4.98 Å². The molecule has 0 radical (unpaired) electrons. The Hall–Kier alpha value is -1.77. The van der Waals surface area contributed by atoms with Gasteiger partial charge in [0.15, 0.2) is 0 Å². The Balaban J connectivity index is 2.28. The maximum absolute atomic E-state index is 14.5. The van der Waals surface area contributed by atoms with E-state index in [2.05, 4.69) is 41.4 Å². The fourth-order valence-corrected chi connectivity index (χ4v) is 3.57. The maximum atomic E-state index is 14.5. The summed E-state index contributed by atoms with van der Waals surface area (Å²) in [7, 11) is 0.411. The van der Waals surface area contributed by atoms with Crippen molar-refractivity contribution in [1.29, 1.82) is 0 Å². The molecule has 1 N–H and O–H groups in total. The molecular formula is C18H22FN2O2PSi. The molecule has 0 aliphatic rings. The van der Waals surface area contributed by atoms with Crippen molar-refractivity contribution in [3.05, 3.63) is 48.0 Å². The summed E-state index contributed by atoms with van der Waals surface area (Å²) >= 11 is 0. The van der Waals surface area contributed by atoms with Crippen molar-refractivity contribution in [2.75, 3.05) is 19.5 Å². The molecule has 0 atom stereocenters. The van der Waals surface area contributed by atoms with Gasteiger partial charge in [-0.15, -0.1) is 5.54 Å². The number of hydrogen-bond donors (Lipinski definition) is 1. The zero-order valence-electron chi connectivity index (χ0n) is 15.1. The predicted octanol–water partition coefficient (Wildman–Crippen LogP) is 4.42. The van der Waals surface area contributed by atoms with Crippen LogP contribution in [-0.2, 0) is 9.05 Å². The van der Waals surface area contributed by atoms with Gasteiger partial charge in [0.05, 0.1) is 22.9 Å². The number of nitrogens with zero attached hydrogens (tertiary/aromatic N) is 1. The lowest BCUT2D eigenvalue weighted by molar-refractivity contribution is 0.350. The van der Waals surface area contributed by atoms with E-state index in [9.17, 15) is 4.39 Å². The number of nitrogens with one attached hydrogen (secondary N) is 1. The van der Waals surface area contributed by atoms with Crippen LogP contribution in [0.25, 0.3) is 0 Å². The summed E-state index contributed by atoms with van der Waals surface area (Å²) in [6.07, 6.45) is 3.28. The molecule has 7 heteroatoms. The number of anilines is 2. The molecule has 1 aromatic heterocycles. The summed E-state index contributed by atoms with van der Waals surface area (Å²) in [5.41, 5.74) is 4.92. The normalized spacial score (nSPS) is 11.2. The Morgan fingerprint density at radius 3 is 2.44 bits per heavy atom. The standard InChI is InChI=1S/C18H22FN2O2PSi/c1-22-24(23-2)18-8-10-20-13-17(18)21-16-7-6-14(12-15(16)19)9-11-25(3,4)5/h6-8,10,12-13,21H,1-5H3. The lowest BCUT2D eigenvalue weighted by Crippen LogP contribution is -2.16. The first kappa shape index (κ1) is 19.6. The van der Waals surface area contributed by atoms with E-state index >= 15 is 0 Å². The molecule has 0 unspecified atom stereocenters. The molecule has 0 fully saturated rings. The van der Waals surface area contributed by atoms with Crippen LogP contribution in [0.5, 0.6) is 0 Å². The van der Waals surface area contributed by atoms with Crippen LogP contribution in [0.1, 0.15) is 5.56 Å². The van der Waals surface area contributed by atoms with Crippen molar-refractivity contribution in [2.45, 2.75) is 19.6 Å². The molecule has 25 heavy (non-hydrogen) atoms. The van der Waals surface area contributed by atoms with E-state index in [0.717, 1.165) is 5.30 Å². The zero-order chi connectivity index (χ0) is 18.4. The number of hydrogen-bond acceptors (Lipinski definition) is 4. The van der Waals surface area contributed by atoms with Crippen molar-refractivity contribution in [3.63, 3.8) is 0 Å². The van der Waals surface area contributed by atoms with Gasteiger partial charge in [0.25, 0.3) is 0 Å². The lowest BCUT2D eigenvalue weighted by Gasteiger charge is -2.17. The van der Waals surface area contributed by atoms with Gasteiger partial charge >= 0.3 is 0 Å². The van der Waals surface area contributed by atoms with E-state index in [4.69, 9.17) is 9.05 Å². The summed E-state index contributed by atoms with van der Waals surface area (Å²) in [6, 6.07) is 6.74. The summed E-state index contributed by atoms with van der Waals surface area (Å²) in [4.78, 5) is 4.09. The Morgan fingerprint density at radius 1 is 1.12 bits per heavy atom. The second-order valence-corrected chi connectivity index (χ2v) is 12.8. The minimum atomic E-state index is -1.49. The monoisotopic (exact) mass is 376 g/mol. The van der Waals surface area contributed by atoms with E-state index in [-0.39, 0.29) is 5.82 Å². The number of rotatable bonds is 5. The highest BCUT2D eigenvalue weighted by Crippen LogP contribution is 2.38. The van der Waals surface area contributed by atoms with Crippen molar-refractivity contribution < 1.29 is 13.4 Å². The number of halogens is 1. The van der Waals surface area contributed by atoms with Gasteiger partial charge in [-0.2, -0.15) is 0 Å². The van der Waals surface area contributed by atoms with E-state index < -0.39 is 16.4 Å². The van der Waals surface area contributed by atoms with Crippen LogP contribution >= 0.6 is 8.38 Å². The Bertz CT molecular complexity index is 796. The molecule has 0 aliphatic carbocycles. The van der Waals surface area contributed by atoms with E-state index in [1.165, 1.54) is 6.07 Å². The molecule has 132 valence electrons. The highest BCUT2D eigenvalue weighted by atomic mass is 31.2. The Labute approximate surface area is 150 Å². The Kier molecular flexibility index (Phi) is 6.69. The van der Waals surface area contributed by atoms with Crippen molar-refractivity contribution in [3.8, 4) is 11.5 Å². The predicted molar refractivity (Wildman–Crippen MR) is 105 cm³/mol. The van der Waals surface area contributed by atoms with Crippen molar-refractivity contribution >= 4 is 33.1 Å². The molecular weight excluding hydrogens is 354 g/mol. The summed E-state index contributed by atoms with van der Waals surface area (Å²) < 4.78 is 25.1. The third-order valence-corrected chi connectivity index (χ3v) is 5.47. The van der Waals surface area contributed by atoms with E-state index in [1.54, 1.807) is 38.7 Å². The second-order valence-electron chi connectivity index (χ2n) is 6.33. The van der Waals surface area contributed by atoms with Crippen LogP contribution in [0, 0.1) is 17.3 Å². The van der Waals surface area contributed by atoms with Gasteiger partial charge in [-0.25, -0.2) is 4.39 Å². The number of benzene rings is 1. The van der Waals surface area contributed by atoms with Gasteiger partial charge in [0, 0.05) is 26.0 Å². The maximum Gasteiger partial charge on any atom is 0.206 e. The van der Waals surface area contributed by atoms with E-state index in [0.29, 0.717) is 16.9 Å². The second kappa shape index (κ2) is 8.55. The van der Waals surface area contributed by atoms with Gasteiger partial charge in [0.1, 0.15) is 13.9 Å². The third-order valence-electron chi connectivity index (χ3n) is 3.15. The largest absolute Gasteiger partial charge is 0.351 e. The van der Waals surface area contributed by atoms with E-state index in [1.807, 2.05) is 6.07 Å². The number of pyridine rings is 1. The molecule has 0 bridgehead atoms. The average Bonchev–Trinajstić information content (AvgIpc) is 2.57. The molecule has 1 heterocycles. The highest BCUT2D eigenvalue weighted by Gasteiger charge is 2.16. The quantitative estimate of drug-likeness (QED) is 0.476. The molecule has 1 aromatic carbocycles. The smallest absolute Gasteiger partial charge is 0.206 e. The molecule has 0 saturated carbocycles. The van der Waals surface area contributed by atoms with Crippen molar-refractivity contribution in [1.82, 2.24) is 4.98 Å². The first-order valence-corrected chi connectivity index (χ1v) is 12.4. The molecule has 0 saturated heterocycles. The van der Waals surface area contributed by atoms with Gasteiger partial charge in [0.2, 0.25) is 8.38 Å². The molecule has 0 aliphatic heterocycles. The summed E-state index contributed by atoms with van der Waals surface area (Å²) in [5.74, 6) is 2.69. The average molecular weight is 376 g/mol. The fraction of sp³-hybridized carbons (Fsp3) is 0.278. The topological polar surface area (TPSA) is 43.4 Å². The molecule has 2 rings (SSSR count). The van der Waals surface area contributed by atoms with Gasteiger partial charge < -0.3 is 14.4 Å². The summed E-state index contributed by atoms with van der Waals surface area (Å²) in [5, 5.41) is 3.87. The highest BCUT2D eigenvalue weighted by molar-refractivity contribution is 7.56. The van der Waals surface area contributed by atoms with Crippen LogP contribution < -0.4 is 10.6 Å². The van der Waals surface area contributed by atoms with Gasteiger partial charge in [-0.1, -0.05) is 25.6 Å². The SMILES string of the molecule is COP(OC)c1ccncc1Nc1ccc(C#C[Si](C)(C)C)cc1F. The first-order chi connectivity index (χ1) is 11.8. The molecule has 0 amide bonds. The molecule has 4 nitrogen and oxygen atoms in total. The van der Waals surface area contributed by atoms with Crippen LogP contribution in [0.4, 0.5) is 15.8 Å². The zero-order valence-corrected chi connectivity index (χ0v) is 16.9. The van der Waals surface area contributed by atoms with Crippen LogP contribution in [0.2, 0.25) is 19.6 Å². The minimum Gasteiger partial charge on any atom is -0.351 e. The first-order valence-electron chi connectivity index (χ1n) is 7.76. The Morgan fingerprint density at radius 2 is 1.84 bits per heavy atom. The van der Waals surface area contributed by atoms with Crippen LogP contribution in [0.3, 0.4) is 0 Å². The molecule has 0 spiro atoms. The van der Waals surface area contributed by atoms with Crippen LogP contribution in [0.15, 0.2) is 36.7 Å². The lowest BCUT2D eigenvalue weighted by atomic mass is 10.2. The van der Waals surface area contributed by atoms with Crippen molar-refractivity contribution in [2.24, 2.45) is 0 Å². The third kappa shape index (κ3) is 5.62. The minimum absolute atomic E-state index is 0.356. The van der Waals surface area contributed by atoms with Crippen LogP contribution in [-0.4, -0.2) is 27.3 Å².